The fraction of sp³-hybridized carbons (Fsp3) is 0.235. The number of benzene rings is 1. The van der Waals surface area contributed by atoms with Gasteiger partial charge >= 0.3 is 0 Å². The van der Waals surface area contributed by atoms with Gasteiger partial charge in [-0.05, 0) is 44.0 Å². The zero-order valence-corrected chi connectivity index (χ0v) is 14.5. The Kier molecular flexibility index (Phi) is 5.82. The number of nitrogens with zero attached hydrogens (tertiary/aromatic N) is 1. The van der Waals surface area contributed by atoms with Gasteiger partial charge in [0, 0.05) is 46.4 Å². The van der Waals surface area contributed by atoms with Crippen molar-refractivity contribution in [3.8, 4) is 11.8 Å². The van der Waals surface area contributed by atoms with E-state index < -0.39 is 0 Å². The molecule has 0 unspecified atom stereocenters. The van der Waals surface area contributed by atoms with Crippen LogP contribution in [0.3, 0.4) is 0 Å². The minimum atomic E-state index is 0.903. The molecule has 102 valence electrons. The summed E-state index contributed by atoms with van der Waals surface area (Å²) in [5.41, 5.74) is 2.32. The lowest BCUT2D eigenvalue weighted by Crippen LogP contribution is -2.36. The van der Waals surface area contributed by atoms with Crippen LogP contribution >= 0.6 is 31.9 Å². The van der Waals surface area contributed by atoms with Gasteiger partial charge in [-0.2, -0.15) is 0 Å². The molecule has 0 spiro atoms. The minimum absolute atomic E-state index is 0.903. The molecule has 1 nitrogen and oxygen atoms in total. The second-order valence-corrected chi connectivity index (χ2v) is 6.19. The van der Waals surface area contributed by atoms with Gasteiger partial charge in [-0.1, -0.05) is 24.0 Å². The molecule has 1 aromatic heterocycles. The Morgan fingerprint density at radius 2 is 1.95 bits per heavy atom. The van der Waals surface area contributed by atoms with E-state index >= 15 is 0 Å². The third-order valence-electron chi connectivity index (χ3n) is 3.04. The standard InChI is InChI=1S/C17H16Br2N/c1-14-8-4-6-13-20(14)12-5-2-3-9-15-10-7-11-16(18)17(15)19/h4,6-8,10-11,13H,2,5,12H2,1H3/q+1. The molecule has 0 N–H and O–H groups in total. The predicted molar refractivity (Wildman–Crippen MR) is 89.3 cm³/mol. The molecule has 2 rings (SSSR count). The number of hydrogen-bond acceptors (Lipinski definition) is 0. The Hall–Kier alpha value is -1.11. The van der Waals surface area contributed by atoms with Crippen LogP contribution in [0.4, 0.5) is 0 Å². The Labute approximate surface area is 137 Å². The van der Waals surface area contributed by atoms with Crippen LogP contribution in [0.5, 0.6) is 0 Å². The molecule has 0 fully saturated rings. The van der Waals surface area contributed by atoms with Crippen molar-refractivity contribution in [3.63, 3.8) is 0 Å². The fourth-order valence-corrected chi connectivity index (χ4v) is 2.64. The Morgan fingerprint density at radius 1 is 1.10 bits per heavy atom. The normalized spacial score (nSPS) is 9.95. The number of aryl methyl sites for hydroxylation is 2. The average Bonchev–Trinajstić information content (AvgIpc) is 2.45. The summed E-state index contributed by atoms with van der Waals surface area (Å²) in [5.74, 6) is 6.46. The average molecular weight is 394 g/mol. The van der Waals surface area contributed by atoms with Crippen molar-refractivity contribution in [2.75, 3.05) is 0 Å². The number of hydrogen-bond donors (Lipinski definition) is 0. The van der Waals surface area contributed by atoms with E-state index in [0.29, 0.717) is 0 Å². The summed E-state index contributed by atoms with van der Waals surface area (Å²) in [6.45, 7) is 3.14. The van der Waals surface area contributed by atoms with Gasteiger partial charge in [0.25, 0.3) is 0 Å². The maximum absolute atomic E-state index is 3.54. The van der Waals surface area contributed by atoms with Crippen LogP contribution in [0.1, 0.15) is 24.1 Å². The van der Waals surface area contributed by atoms with E-state index in [4.69, 9.17) is 0 Å². The summed E-state index contributed by atoms with van der Waals surface area (Å²) in [6, 6.07) is 12.3. The first-order valence-electron chi connectivity index (χ1n) is 6.56. The van der Waals surface area contributed by atoms with Crippen LogP contribution in [-0.4, -0.2) is 0 Å². The Balaban J connectivity index is 1.90. The Morgan fingerprint density at radius 3 is 2.75 bits per heavy atom. The van der Waals surface area contributed by atoms with Crippen molar-refractivity contribution in [2.24, 2.45) is 0 Å². The molecule has 0 saturated carbocycles. The number of pyridine rings is 1. The molecule has 0 atom stereocenters. The van der Waals surface area contributed by atoms with Crippen LogP contribution in [-0.2, 0) is 6.54 Å². The van der Waals surface area contributed by atoms with Crippen LogP contribution in [0.25, 0.3) is 0 Å². The summed E-state index contributed by atoms with van der Waals surface area (Å²) in [5, 5.41) is 0. The monoisotopic (exact) mass is 392 g/mol. The molecule has 0 aliphatic rings. The van der Waals surface area contributed by atoms with Crippen molar-refractivity contribution < 1.29 is 4.57 Å². The molecule has 0 aliphatic carbocycles. The summed E-state index contributed by atoms with van der Waals surface area (Å²) >= 11 is 7.03. The van der Waals surface area contributed by atoms with E-state index in [1.165, 1.54) is 5.69 Å². The van der Waals surface area contributed by atoms with Gasteiger partial charge < -0.3 is 0 Å². The molecular formula is C17H16Br2N+. The van der Waals surface area contributed by atoms with E-state index in [2.05, 4.69) is 79.6 Å². The molecule has 1 heterocycles. The van der Waals surface area contributed by atoms with Crippen LogP contribution in [0.15, 0.2) is 51.5 Å². The molecule has 0 bridgehead atoms. The first-order chi connectivity index (χ1) is 9.68. The van der Waals surface area contributed by atoms with E-state index in [0.717, 1.165) is 33.9 Å². The first kappa shape index (κ1) is 15.3. The highest BCUT2D eigenvalue weighted by Crippen LogP contribution is 2.25. The maximum Gasteiger partial charge on any atom is 0.178 e. The molecule has 2 aromatic rings. The zero-order valence-electron chi connectivity index (χ0n) is 11.4. The number of rotatable bonds is 3. The quantitative estimate of drug-likeness (QED) is 0.406. The van der Waals surface area contributed by atoms with Crippen molar-refractivity contribution in [2.45, 2.75) is 26.3 Å². The fourth-order valence-electron chi connectivity index (χ4n) is 1.91. The van der Waals surface area contributed by atoms with Gasteiger partial charge in [0.05, 0.1) is 0 Å². The molecule has 0 saturated heterocycles. The van der Waals surface area contributed by atoms with Crippen molar-refractivity contribution in [1.82, 2.24) is 0 Å². The summed E-state index contributed by atoms with van der Waals surface area (Å²) < 4.78 is 4.33. The number of halogens is 2. The second-order valence-electron chi connectivity index (χ2n) is 4.54. The van der Waals surface area contributed by atoms with Crippen LogP contribution < -0.4 is 4.57 Å². The summed E-state index contributed by atoms with van der Waals surface area (Å²) in [7, 11) is 0. The third kappa shape index (κ3) is 4.19. The van der Waals surface area contributed by atoms with Crippen LogP contribution in [0.2, 0.25) is 0 Å². The largest absolute Gasteiger partial charge is 0.203 e. The number of aromatic nitrogens is 1. The summed E-state index contributed by atoms with van der Waals surface area (Å²) in [6.07, 6.45) is 4.09. The molecule has 1 aromatic carbocycles. The van der Waals surface area contributed by atoms with Gasteiger partial charge in [0.15, 0.2) is 11.9 Å². The predicted octanol–water partition coefficient (Wildman–Crippen LogP) is 4.64. The lowest BCUT2D eigenvalue weighted by atomic mass is 10.2. The lowest BCUT2D eigenvalue weighted by Gasteiger charge is -1.98. The van der Waals surface area contributed by atoms with Crippen molar-refractivity contribution >= 4 is 31.9 Å². The van der Waals surface area contributed by atoms with Gasteiger partial charge in [0.1, 0.15) is 6.54 Å². The van der Waals surface area contributed by atoms with Gasteiger partial charge in [-0.15, -0.1) is 0 Å². The van der Waals surface area contributed by atoms with Gasteiger partial charge in [-0.3, -0.25) is 0 Å². The highest BCUT2D eigenvalue weighted by Gasteiger charge is 2.02. The molecular weight excluding hydrogens is 378 g/mol. The smallest absolute Gasteiger partial charge is 0.178 e. The van der Waals surface area contributed by atoms with E-state index in [1.807, 2.05) is 18.2 Å². The van der Waals surface area contributed by atoms with E-state index in [-0.39, 0.29) is 0 Å². The van der Waals surface area contributed by atoms with Gasteiger partial charge in [-0.25, -0.2) is 4.57 Å². The molecule has 0 amide bonds. The first-order valence-corrected chi connectivity index (χ1v) is 8.15. The topological polar surface area (TPSA) is 3.88 Å². The summed E-state index contributed by atoms with van der Waals surface area (Å²) in [4.78, 5) is 0. The Bertz CT molecular complexity index is 654. The minimum Gasteiger partial charge on any atom is -0.203 e. The molecule has 20 heavy (non-hydrogen) atoms. The SMILES string of the molecule is Cc1cccc[n+]1CCCC#Cc1cccc(Br)c1Br. The highest BCUT2D eigenvalue weighted by atomic mass is 79.9. The van der Waals surface area contributed by atoms with Crippen LogP contribution in [0, 0.1) is 18.8 Å². The maximum atomic E-state index is 3.54. The molecule has 0 aliphatic heterocycles. The van der Waals surface area contributed by atoms with Gasteiger partial charge in [0.2, 0.25) is 0 Å². The van der Waals surface area contributed by atoms with Crippen molar-refractivity contribution in [3.05, 3.63) is 62.8 Å². The zero-order chi connectivity index (χ0) is 14.4. The van der Waals surface area contributed by atoms with E-state index in [9.17, 15) is 0 Å². The van der Waals surface area contributed by atoms with E-state index in [1.54, 1.807) is 0 Å². The number of unbranched alkanes of at least 4 members (excludes halogenated alkanes) is 1. The molecule has 3 heteroatoms. The molecule has 0 radical (unpaired) electrons. The third-order valence-corrected chi connectivity index (χ3v) is 5.09. The second kappa shape index (κ2) is 7.61. The lowest BCUT2D eigenvalue weighted by molar-refractivity contribution is -0.703. The van der Waals surface area contributed by atoms with Crippen molar-refractivity contribution in [1.29, 1.82) is 0 Å². The highest BCUT2D eigenvalue weighted by molar-refractivity contribution is 9.13.